The van der Waals surface area contributed by atoms with E-state index in [1.807, 2.05) is 30.7 Å². The third-order valence-electron chi connectivity index (χ3n) is 4.52. The van der Waals surface area contributed by atoms with Crippen molar-refractivity contribution in [3.05, 3.63) is 46.5 Å². The highest BCUT2D eigenvalue weighted by Crippen LogP contribution is 2.23. The SMILES string of the molecule is CCC(=O)NCc1nc2c(n1C)CN(C(=O)Nc1ccccc1Cl)CC2. The van der Waals surface area contributed by atoms with Crippen molar-refractivity contribution in [2.75, 3.05) is 11.9 Å². The Balaban J connectivity index is 1.69. The molecule has 138 valence electrons. The van der Waals surface area contributed by atoms with Gasteiger partial charge in [-0.1, -0.05) is 30.7 Å². The number of hydrogen-bond donors (Lipinski definition) is 2. The van der Waals surface area contributed by atoms with E-state index in [1.165, 1.54) is 0 Å². The van der Waals surface area contributed by atoms with Crippen LogP contribution in [0.25, 0.3) is 0 Å². The number of aromatic nitrogens is 2. The lowest BCUT2D eigenvalue weighted by molar-refractivity contribution is -0.120. The number of benzene rings is 1. The Hall–Kier alpha value is -2.54. The van der Waals surface area contributed by atoms with Crippen molar-refractivity contribution in [1.29, 1.82) is 0 Å². The molecule has 8 heteroatoms. The number of imidazole rings is 1. The predicted molar refractivity (Wildman–Crippen MR) is 99.9 cm³/mol. The summed E-state index contributed by atoms with van der Waals surface area (Å²) >= 11 is 6.11. The van der Waals surface area contributed by atoms with E-state index in [4.69, 9.17) is 11.6 Å². The van der Waals surface area contributed by atoms with Crippen molar-refractivity contribution < 1.29 is 9.59 Å². The number of amides is 3. The van der Waals surface area contributed by atoms with Crippen LogP contribution in [-0.4, -0.2) is 32.9 Å². The fourth-order valence-electron chi connectivity index (χ4n) is 2.93. The van der Waals surface area contributed by atoms with Crippen molar-refractivity contribution in [2.24, 2.45) is 7.05 Å². The molecule has 0 unspecified atom stereocenters. The van der Waals surface area contributed by atoms with Gasteiger partial charge < -0.3 is 20.1 Å². The first-order valence-corrected chi connectivity index (χ1v) is 8.98. The van der Waals surface area contributed by atoms with Crippen LogP contribution < -0.4 is 10.6 Å². The number of anilines is 1. The molecule has 0 radical (unpaired) electrons. The molecule has 2 heterocycles. The zero-order valence-electron chi connectivity index (χ0n) is 14.9. The van der Waals surface area contributed by atoms with Gasteiger partial charge in [0.15, 0.2) is 0 Å². The first kappa shape index (κ1) is 18.3. The summed E-state index contributed by atoms with van der Waals surface area (Å²) < 4.78 is 1.96. The monoisotopic (exact) mass is 375 g/mol. The van der Waals surface area contributed by atoms with Crippen LogP contribution in [0.15, 0.2) is 24.3 Å². The molecule has 26 heavy (non-hydrogen) atoms. The highest BCUT2D eigenvalue weighted by molar-refractivity contribution is 6.33. The lowest BCUT2D eigenvalue weighted by Crippen LogP contribution is -2.39. The van der Waals surface area contributed by atoms with Crippen LogP contribution >= 0.6 is 11.6 Å². The molecule has 0 spiro atoms. The predicted octanol–water partition coefficient (Wildman–Crippen LogP) is 2.69. The molecule has 1 aliphatic heterocycles. The summed E-state index contributed by atoms with van der Waals surface area (Å²) in [4.78, 5) is 30.4. The van der Waals surface area contributed by atoms with E-state index in [-0.39, 0.29) is 11.9 Å². The van der Waals surface area contributed by atoms with Crippen LogP contribution in [0, 0.1) is 0 Å². The largest absolute Gasteiger partial charge is 0.349 e. The van der Waals surface area contributed by atoms with E-state index in [0.29, 0.717) is 43.2 Å². The molecule has 1 aromatic carbocycles. The fourth-order valence-corrected chi connectivity index (χ4v) is 3.12. The molecule has 1 aliphatic rings. The minimum absolute atomic E-state index is 0.00767. The molecule has 7 nitrogen and oxygen atoms in total. The molecule has 1 aromatic heterocycles. The molecular weight excluding hydrogens is 354 g/mol. The van der Waals surface area contributed by atoms with E-state index in [2.05, 4.69) is 15.6 Å². The Bertz CT molecular complexity index is 833. The number of hydrogen-bond acceptors (Lipinski definition) is 3. The molecule has 0 fully saturated rings. The van der Waals surface area contributed by atoms with Crippen LogP contribution in [0.1, 0.15) is 30.6 Å². The average Bonchev–Trinajstić information content (AvgIpc) is 2.97. The molecule has 3 amide bonds. The number of carbonyl (C=O) groups excluding carboxylic acids is 2. The number of nitrogens with one attached hydrogen (secondary N) is 2. The van der Waals surface area contributed by atoms with Gasteiger partial charge in [-0.2, -0.15) is 0 Å². The standard InChI is InChI=1S/C18H22ClN5O2/c1-3-17(25)20-10-16-21-14-8-9-24(11-15(14)23(16)2)18(26)22-13-7-5-4-6-12(13)19/h4-7H,3,8-11H2,1-2H3,(H,20,25)(H,22,26). The number of nitrogens with zero attached hydrogens (tertiary/aromatic N) is 3. The second-order valence-corrected chi connectivity index (χ2v) is 6.60. The summed E-state index contributed by atoms with van der Waals surface area (Å²) in [5.74, 6) is 0.789. The van der Waals surface area contributed by atoms with E-state index in [1.54, 1.807) is 17.0 Å². The molecule has 0 saturated heterocycles. The van der Waals surface area contributed by atoms with Crippen molar-refractivity contribution in [1.82, 2.24) is 19.8 Å². The zero-order chi connectivity index (χ0) is 18.7. The number of para-hydroxylation sites is 1. The van der Waals surface area contributed by atoms with Crippen molar-refractivity contribution in [3.8, 4) is 0 Å². The smallest absolute Gasteiger partial charge is 0.322 e. The minimum Gasteiger partial charge on any atom is -0.349 e. The number of rotatable bonds is 4. The molecule has 0 aliphatic carbocycles. The maximum absolute atomic E-state index is 12.6. The molecule has 3 rings (SSSR count). The summed E-state index contributed by atoms with van der Waals surface area (Å²) in [6.45, 7) is 3.26. The highest BCUT2D eigenvalue weighted by Gasteiger charge is 2.26. The van der Waals surface area contributed by atoms with Gasteiger partial charge in [0, 0.05) is 26.4 Å². The normalized spacial score (nSPS) is 13.3. The van der Waals surface area contributed by atoms with E-state index in [9.17, 15) is 9.59 Å². The number of halogens is 1. The second-order valence-electron chi connectivity index (χ2n) is 6.19. The number of fused-ring (bicyclic) bond motifs is 1. The maximum Gasteiger partial charge on any atom is 0.322 e. The van der Waals surface area contributed by atoms with Gasteiger partial charge in [-0.25, -0.2) is 9.78 Å². The van der Waals surface area contributed by atoms with Crippen molar-refractivity contribution in [3.63, 3.8) is 0 Å². The Kier molecular flexibility index (Phi) is 5.46. The number of carbonyl (C=O) groups is 2. The molecule has 0 atom stereocenters. The summed E-state index contributed by atoms with van der Waals surface area (Å²) in [6, 6.07) is 6.97. The third-order valence-corrected chi connectivity index (χ3v) is 4.85. The maximum atomic E-state index is 12.6. The van der Waals surface area contributed by atoms with Crippen LogP contribution in [0.3, 0.4) is 0 Å². The lowest BCUT2D eigenvalue weighted by atomic mass is 10.1. The average molecular weight is 376 g/mol. The lowest BCUT2D eigenvalue weighted by Gasteiger charge is -2.27. The fraction of sp³-hybridized carbons (Fsp3) is 0.389. The van der Waals surface area contributed by atoms with E-state index < -0.39 is 0 Å². The van der Waals surface area contributed by atoms with Crippen LogP contribution in [0.4, 0.5) is 10.5 Å². The molecule has 0 bridgehead atoms. The highest BCUT2D eigenvalue weighted by atomic mass is 35.5. The first-order chi connectivity index (χ1) is 12.5. The quantitative estimate of drug-likeness (QED) is 0.862. The van der Waals surface area contributed by atoms with E-state index in [0.717, 1.165) is 17.2 Å². The van der Waals surface area contributed by atoms with Crippen LogP contribution in [0.2, 0.25) is 5.02 Å². The Morgan fingerprint density at radius 2 is 2.08 bits per heavy atom. The van der Waals surface area contributed by atoms with E-state index >= 15 is 0 Å². The zero-order valence-corrected chi connectivity index (χ0v) is 15.6. The molecule has 2 aromatic rings. The first-order valence-electron chi connectivity index (χ1n) is 8.60. The summed E-state index contributed by atoms with van der Waals surface area (Å²) in [6.07, 6.45) is 1.13. The van der Waals surface area contributed by atoms with Gasteiger partial charge in [-0.15, -0.1) is 0 Å². The Morgan fingerprint density at radius 1 is 1.31 bits per heavy atom. The summed E-state index contributed by atoms with van der Waals surface area (Å²) in [5.41, 5.74) is 2.57. The van der Waals surface area contributed by atoms with Gasteiger partial charge in [-0.3, -0.25) is 4.79 Å². The second kappa shape index (κ2) is 7.78. The third kappa shape index (κ3) is 3.83. The molecule has 2 N–H and O–H groups in total. The topological polar surface area (TPSA) is 79.3 Å². The minimum atomic E-state index is -0.189. The summed E-state index contributed by atoms with van der Waals surface area (Å²) in [5, 5.41) is 6.20. The molecular formula is C18H22ClN5O2. The van der Waals surface area contributed by atoms with Crippen LogP contribution in [0.5, 0.6) is 0 Å². The Labute approximate surface area is 157 Å². The Morgan fingerprint density at radius 3 is 2.81 bits per heavy atom. The van der Waals surface area contributed by atoms with Gasteiger partial charge in [0.25, 0.3) is 0 Å². The van der Waals surface area contributed by atoms with Gasteiger partial charge in [0.1, 0.15) is 5.82 Å². The van der Waals surface area contributed by atoms with Gasteiger partial charge in [0.05, 0.1) is 35.2 Å². The van der Waals surface area contributed by atoms with Crippen molar-refractivity contribution in [2.45, 2.75) is 32.9 Å². The van der Waals surface area contributed by atoms with Crippen LogP contribution in [-0.2, 0) is 31.4 Å². The van der Waals surface area contributed by atoms with Gasteiger partial charge >= 0.3 is 6.03 Å². The molecule has 0 saturated carbocycles. The summed E-state index contributed by atoms with van der Waals surface area (Å²) in [7, 11) is 1.91. The van der Waals surface area contributed by atoms with Gasteiger partial charge in [-0.05, 0) is 12.1 Å². The van der Waals surface area contributed by atoms with Gasteiger partial charge in [0.2, 0.25) is 5.91 Å². The number of urea groups is 1. The van der Waals surface area contributed by atoms with Crippen molar-refractivity contribution >= 4 is 29.2 Å².